The van der Waals surface area contributed by atoms with Gasteiger partial charge >= 0.3 is 0 Å². The molecule has 3 rings (SSSR count). The first kappa shape index (κ1) is 10.3. The summed E-state index contributed by atoms with van der Waals surface area (Å²) in [6.07, 6.45) is 8.42. The molecule has 88 valence electrons. The lowest BCUT2D eigenvalue weighted by Crippen LogP contribution is -2.15. The summed E-state index contributed by atoms with van der Waals surface area (Å²) in [6, 6.07) is 0. The van der Waals surface area contributed by atoms with Gasteiger partial charge in [-0.3, -0.25) is 0 Å². The molecule has 0 amide bonds. The number of rotatable bonds is 3. The summed E-state index contributed by atoms with van der Waals surface area (Å²) in [7, 11) is 0. The van der Waals surface area contributed by atoms with Gasteiger partial charge in [0.15, 0.2) is 0 Å². The average Bonchev–Trinajstić information content (AvgIpc) is 2.56. The van der Waals surface area contributed by atoms with Crippen molar-refractivity contribution in [3.63, 3.8) is 0 Å². The van der Waals surface area contributed by atoms with E-state index in [1.54, 1.807) is 0 Å². The van der Waals surface area contributed by atoms with E-state index in [0.717, 1.165) is 19.4 Å². The van der Waals surface area contributed by atoms with Crippen LogP contribution in [0.25, 0.3) is 0 Å². The number of aliphatic hydroxyl groups excluding tert-OH is 1. The highest BCUT2D eigenvalue weighted by Crippen LogP contribution is 2.38. The van der Waals surface area contributed by atoms with Crippen LogP contribution in [-0.4, -0.2) is 21.3 Å². The molecule has 0 bridgehead atoms. The van der Waals surface area contributed by atoms with Crippen LogP contribution >= 0.6 is 0 Å². The van der Waals surface area contributed by atoms with Gasteiger partial charge in [-0.2, -0.15) is 0 Å². The maximum atomic E-state index is 9.20. The average molecular weight is 220 g/mol. The maximum absolute atomic E-state index is 9.20. The predicted molar refractivity (Wildman–Crippen MR) is 62.5 cm³/mol. The molecule has 0 unspecified atom stereocenters. The molecule has 1 saturated carbocycles. The highest BCUT2D eigenvalue weighted by molar-refractivity contribution is 5.24. The zero-order valence-electron chi connectivity index (χ0n) is 9.78. The van der Waals surface area contributed by atoms with E-state index in [1.807, 2.05) is 0 Å². The lowest BCUT2D eigenvalue weighted by Gasteiger charge is -2.25. The van der Waals surface area contributed by atoms with Gasteiger partial charge in [0.2, 0.25) is 0 Å². The molecule has 0 spiro atoms. The van der Waals surface area contributed by atoms with Crippen molar-refractivity contribution in [1.29, 1.82) is 0 Å². The monoisotopic (exact) mass is 220 g/mol. The Morgan fingerprint density at radius 2 is 2.12 bits per heavy atom. The van der Waals surface area contributed by atoms with Crippen LogP contribution in [0.2, 0.25) is 0 Å². The molecule has 1 aliphatic heterocycles. The molecular formula is C13H20N2O. The first-order valence-electron chi connectivity index (χ1n) is 6.59. The molecule has 1 aliphatic carbocycles. The molecule has 2 aliphatic rings. The van der Waals surface area contributed by atoms with E-state index in [9.17, 15) is 5.11 Å². The van der Waals surface area contributed by atoms with Crippen LogP contribution in [0.1, 0.15) is 55.2 Å². The van der Waals surface area contributed by atoms with E-state index in [4.69, 9.17) is 4.98 Å². The Morgan fingerprint density at radius 3 is 2.81 bits per heavy atom. The molecule has 1 aromatic rings. The van der Waals surface area contributed by atoms with E-state index in [0.29, 0.717) is 5.92 Å². The van der Waals surface area contributed by atoms with Gasteiger partial charge in [0.25, 0.3) is 0 Å². The van der Waals surface area contributed by atoms with Crippen molar-refractivity contribution < 1.29 is 5.11 Å². The number of nitrogens with zero attached hydrogens (tertiary/aromatic N) is 2. The quantitative estimate of drug-likeness (QED) is 0.846. The number of aromatic nitrogens is 2. The maximum Gasteiger partial charge on any atom is 0.109 e. The van der Waals surface area contributed by atoms with Gasteiger partial charge in [0.05, 0.1) is 5.69 Å². The highest BCUT2D eigenvalue weighted by atomic mass is 16.3. The first-order valence-corrected chi connectivity index (χ1v) is 6.59. The van der Waals surface area contributed by atoms with Gasteiger partial charge in [-0.15, -0.1) is 0 Å². The van der Waals surface area contributed by atoms with E-state index < -0.39 is 0 Å². The highest BCUT2D eigenvalue weighted by Gasteiger charge is 2.28. The second-order valence-corrected chi connectivity index (χ2v) is 5.07. The summed E-state index contributed by atoms with van der Waals surface area (Å²) in [5.41, 5.74) is 2.65. The van der Waals surface area contributed by atoms with Crippen LogP contribution in [-0.2, 0) is 19.4 Å². The second kappa shape index (κ2) is 4.21. The second-order valence-electron chi connectivity index (χ2n) is 5.07. The smallest absolute Gasteiger partial charge is 0.109 e. The molecule has 0 saturated heterocycles. The molecule has 0 aromatic carbocycles. The molecular weight excluding hydrogens is 200 g/mol. The predicted octanol–water partition coefficient (Wildman–Crippen LogP) is 2.02. The number of aryl methyl sites for hydroxylation is 1. The standard InChI is InChI=1S/C13H20N2O/c16-9-7-11-13(10-4-3-5-10)14-12-6-1-2-8-15(11)12/h10,16H,1-9H2. The van der Waals surface area contributed by atoms with Gasteiger partial charge in [0, 0.05) is 37.6 Å². The third-order valence-electron chi connectivity index (χ3n) is 4.06. The SMILES string of the molecule is OCCc1c(C2CCC2)nc2n1CCCC2. The third-order valence-corrected chi connectivity index (χ3v) is 4.06. The Morgan fingerprint density at radius 1 is 1.25 bits per heavy atom. The minimum absolute atomic E-state index is 0.255. The van der Waals surface area contributed by atoms with Crippen molar-refractivity contribution in [3.05, 3.63) is 17.2 Å². The van der Waals surface area contributed by atoms with Crippen molar-refractivity contribution in [1.82, 2.24) is 9.55 Å². The molecule has 1 fully saturated rings. The fourth-order valence-corrected chi connectivity index (χ4v) is 2.94. The Hall–Kier alpha value is -0.830. The molecule has 3 heteroatoms. The minimum Gasteiger partial charge on any atom is -0.396 e. The van der Waals surface area contributed by atoms with Crippen LogP contribution in [0.5, 0.6) is 0 Å². The summed E-state index contributed by atoms with van der Waals surface area (Å²) in [5.74, 6) is 1.97. The topological polar surface area (TPSA) is 38.1 Å². The van der Waals surface area contributed by atoms with Crippen LogP contribution < -0.4 is 0 Å². The summed E-state index contributed by atoms with van der Waals surface area (Å²) < 4.78 is 2.38. The number of fused-ring (bicyclic) bond motifs is 1. The van der Waals surface area contributed by atoms with Crippen LogP contribution in [0.3, 0.4) is 0 Å². The van der Waals surface area contributed by atoms with Gasteiger partial charge in [-0.25, -0.2) is 4.98 Å². The van der Waals surface area contributed by atoms with Crippen molar-refractivity contribution >= 4 is 0 Å². The van der Waals surface area contributed by atoms with Gasteiger partial charge in [-0.05, 0) is 25.7 Å². The Balaban J connectivity index is 1.98. The number of hydrogen-bond donors (Lipinski definition) is 1. The lowest BCUT2D eigenvalue weighted by atomic mass is 9.82. The van der Waals surface area contributed by atoms with Crippen molar-refractivity contribution in [2.75, 3.05) is 6.61 Å². The zero-order valence-corrected chi connectivity index (χ0v) is 9.78. The third kappa shape index (κ3) is 1.58. The Bertz CT molecular complexity index is 380. The van der Waals surface area contributed by atoms with Crippen molar-refractivity contribution in [2.45, 2.75) is 57.4 Å². The number of aliphatic hydroxyl groups is 1. The molecule has 16 heavy (non-hydrogen) atoms. The van der Waals surface area contributed by atoms with Crippen LogP contribution in [0, 0.1) is 0 Å². The molecule has 2 heterocycles. The zero-order chi connectivity index (χ0) is 11.0. The Labute approximate surface area is 96.5 Å². The van der Waals surface area contributed by atoms with E-state index in [2.05, 4.69) is 4.57 Å². The van der Waals surface area contributed by atoms with E-state index in [1.165, 1.54) is 49.3 Å². The Kier molecular flexibility index (Phi) is 2.72. The van der Waals surface area contributed by atoms with Crippen molar-refractivity contribution in [3.8, 4) is 0 Å². The summed E-state index contributed by atoms with van der Waals surface area (Å²) in [6.45, 7) is 1.37. The molecule has 0 atom stereocenters. The van der Waals surface area contributed by atoms with Crippen LogP contribution in [0.15, 0.2) is 0 Å². The van der Waals surface area contributed by atoms with Gasteiger partial charge < -0.3 is 9.67 Å². The largest absolute Gasteiger partial charge is 0.396 e. The van der Waals surface area contributed by atoms with E-state index in [-0.39, 0.29) is 6.61 Å². The fraction of sp³-hybridized carbons (Fsp3) is 0.769. The van der Waals surface area contributed by atoms with Gasteiger partial charge in [-0.1, -0.05) is 6.42 Å². The number of hydrogen-bond acceptors (Lipinski definition) is 2. The normalized spacial score (nSPS) is 20.6. The molecule has 1 N–H and O–H groups in total. The summed E-state index contributed by atoms with van der Waals surface area (Å²) in [4.78, 5) is 4.84. The molecule has 3 nitrogen and oxygen atoms in total. The van der Waals surface area contributed by atoms with Gasteiger partial charge in [0.1, 0.15) is 5.82 Å². The lowest BCUT2D eigenvalue weighted by molar-refractivity contribution is 0.293. The minimum atomic E-state index is 0.255. The molecule has 0 radical (unpaired) electrons. The summed E-state index contributed by atoms with van der Waals surface area (Å²) >= 11 is 0. The van der Waals surface area contributed by atoms with E-state index >= 15 is 0 Å². The summed E-state index contributed by atoms with van der Waals surface area (Å²) in [5, 5.41) is 9.20. The fourth-order valence-electron chi connectivity index (χ4n) is 2.94. The first-order chi connectivity index (χ1) is 7.90. The number of imidazole rings is 1. The van der Waals surface area contributed by atoms with Crippen LogP contribution in [0.4, 0.5) is 0 Å². The molecule has 1 aromatic heterocycles. The van der Waals surface area contributed by atoms with Crippen molar-refractivity contribution in [2.24, 2.45) is 0 Å².